The first-order valence-corrected chi connectivity index (χ1v) is 8.68. The van der Waals surface area contributed by atoms with E-state index in [0.717, 1.165) is 22.6 Å². The summed E-state index contributed by atoms with van der Waals surface area (Å²) in [6.07, 6.45) is 1.96. The predicted octanol–water partition coefficient (Wildman–Crippen LogP) is 2.54. The smallest absolute Gasteiger partial charge is 0.306 e. The average Bonchev–Trinajstić information content (AvgIpc) is 3.16. The number of carboxylic acid groups (broad SMARTS) is 1. The van der Waals surface area contributed by atoms with E-state index in [1.807, 2.05) is 13.8 Å². The van der Waals surface area contributed by atoms with Gasteiger partial charge in [-0.3, -0.25) is 9.59 Å². The highest BCUT2D eigenvalue weighted by Gasteiger charge is 2.30. The van der Waals surface area contributed by atoms with E-state index in [1.165, 1.54) is 12.1 Å². The number of hydrogen-bond donors (Lipinski definition) is 2. The molecule has 1 saturated carbocycles. The Labute approximate surface area is 151 Å². The summed E-state index contributed by atoms with van der Waals surface area (Å²) in [7, 11) is 0. The molecule has 0 bridgehead atoms. The van der Waals surface area contributed by atoms with Crippen LogP contribution in [0.15, 0.2) is 24.3 Å². The Morgan fingerprint density at radius 1 is 1.27 bits per heavy atom. The summed E-state index contributed by atoms with van der Waals surface area (Å²) in [4.78, 5) is 23.4. The number of nitrogens with one attached hydrogen (secondary N) is 1. The largest absolute Gasteiger partial charge is 0.481 e. The van der Waals surface area contributed by atoms with Crippen LogP contribution < -0.4 is 5.32 Å². The van der Waals surface area contributed by atoms with Crippen molar-refractivity contribution in [2.75, 3.05) is 0 Å². The van der Waals surface area contributed by atoms with Crippen molar-refractivity contribution in [3.05, 3.63) is 47.0 Å². The van der Waals surface area contributed by atoms with Crippen molar-refractivity contribution in [1.82, 2.24) is 15.1 Å². The Hall–Kier alpha value is -2.70. The number of carbonyl (C=O) groups excluding carboxylic acids is 1. The van der Waals surface area contributed by atoms with E-state index in [-0.39, 0.29) is 30.1 Å². The van der Waals surface area contributed by atoms with Crippen LogP contribution in [0.1, 0.15) is 36.2 Å². The lowest BCUT2D eigenvalue weighted by atomic mass is 10.1. The van der Waals surface area contributed by atoms with Crippen molar-refractivity contribution in [1.29, 1.82) is 0 Å². The number of carboxylic acids is 1. The number of aliphatic carboxylic acids is 1. The normalized spacial score (nSPS) is 19.5. The molecule has 1 aromatic heterocycles. The molecule has 1 heterocycles. The third-order valence-corrected chi connectivity index (χ3v) is 5.00. The number of rotatable bonds is 5. The second kappa shape index (κ2) is 7.27. The highest BCUT2D eigenvalue weighted by atomic mass is 19.1. The minimum atomic E-state index is -0.797. The maximum absolute atomic E-state index is 13.1. The molecule has 1 fully saturated rings. The fourth-order valence-corrected chi connectivity index (χ4v) is 3.54. The number of benzene rings is 1. The molecule has 3 rings (SSSR count). The fourth-order valence-electron chi connectivity index (χ4n) is 3.54. The summed E-state index contributed by atoms with van der Waals surface area (Å²) in [5, 5.41) is 16.5. The van der Waals surface area contributed by atoms with Crippen LogP contribution >= 0.6 is 0 Å². The first kappa shape index (κ1) is 18.1. The molecule has 0 spiro atoms. The third-order valence-electron chi connectivity index (χ3n) is 5.00. The van der Waals surface area contributed by atoms with E-state index in [2.05, 4.69) is 10.4 Å². The van der Waals surface area contributed by atoms with Gasteiger partial charge in [0.1, 0.15) is 5.82 Å². The zero-order valence-electron chi connectivity index (χ0n) is 14.8. The van der Waals surface area contributed by atoms with Crippen LogP contribution in [0.2, 0.25) is 0 Å². The van der Waals surface area contributed by atoms with E-state index in [9.17, 15) is 14.0 Å². The maximum atomic E-state index is 13.1. The summed E-state index contributed by atoms with van der Waals surface area (Å²) in [6.45, 7) is 3.72. The molecule has 2 aromatic rings. The first-order valence-electron chi connectivity index (χ1n) is 8.68. The Morgan fingerprint density at radius 2 is 1.96 bits per heavy atom. The van der Waals surface area contributed by atoms with E-state index >= 15 is 0 Å². The van der Waals surface area contributed by atoms with Crippen molar-refractivity contribution in [2.24, 2.45) is 5.92 Å². The van der Waals surface area contributed by atoms with Gasteiger partial charge in [0.2, 0.25) is 5.91 Å². The molecule has 138 valence electrons. The van der Waals surface area contributed by atoms with Crippen molar-refractivity contribution in [2.45, 2.75) is 45.6 Å². The van der Waals surface area contributed by atoms with Crippen LogP contribution in [0.5, 0.6) is 0 Å². The van der Waals surface area contributed by atoms with Gasteiger partial charge >= 0.3 is 5.97 Å². The monoisotopic (exact) mass is 359 g/mol. The molecule has 26 heavy (non-hydrogen) atoms. The molecule has 0 saturated heterocycles. The van der Waals surface area contributed by atoms with Crippen LogP contribution in [0.3, 0.4) is 0 Å². The van der Waals surface area contributed by atoms with Gasteiger partial charge in [0.25, 0.3) is 0 Å². The molecule has 2 N–H and O–H groups in total. The molecule has 1 aliphatic carbocycles. The Morgan fingerprint density at radius 3 is 2.58 bits per heavy atom. The van der Waals surface area contributed by atoms with Gasteiger partial charge in [-0.15, -0.1) is 0 Å². The second-order valence-corrected chi connectivity index (χ2v) is 6.83. The van der Waals surface area contributed by atoms with Gasteiger partial charge in [-0.25, -0.2) is 9.07 Å². The van der Waals surface area contributed by atoms with Gasteiger partial charge in [0, 0.05) is 17.3 Å². The predicted molar refractivity (Wildman–Crippen MR) is 93.6 cm³/mol. The van der Waals surface area contributed by atoms with Crippen molar-refractivity contribution in [3.8, 4) is 5.69 Å². The van der Waals surface area contributed by atoms with E-state index in [1.54, 1.807) is 16.8 Å². The summed E-state index contributed by atoms with van der Waals surface area (Å²) in [5.41, 5.74) is 3.15. The van der Waals surface area contributed by atoms with Crippen LogP contribution in [0.4, 0.5) is 4.39 Å². The molecular weight excluding hydrogens is 337 g/mol. The van der Waals surface area contributed by atoms with Gasteiger partial charge in [0.05, 0.1) is 23.7 Å². The lowest BCUT2D eigenvalue weighted by Gasteiger charge is -2.12. The van der Waals surface area contributed by atoms with Crippen LogP contribution in [-0.4, -0.2) is 32.8 Å². The summed E-state index contributed by atoms with van der Waals surface area (Å²) in [6, 6.07) is 5.94. The lowest BCUT2D eigenvalue weighted by Crippen LogP contribution is -2.34. The Balaban J connectivity index is 1.69. The van der Waals surface area contributed by atoms with Crippen LogP contribution in [0, 0.1) is 25.6 Å². The summed E-state index contributed by atoms with van der Waals surface area (Å²) < 4.78 is 14.8. The van der Waals surface area contributed by atoms with Crippen molar-refractivity contribution < 1.29 is 19.1 Å². The summed E-state index contributed by atoms with van der Waals surface area (Å²) in [5.74, 6) is -1.61. The lowest BCUT2D eigenvalue weighted by molar-refractivity contribution is -0.141. The zero-order valence-corrected chi connectivity index (χ0v) is 14.8. The molecule has 7 heteroatoms. The molecule has 6 nitrogen and oxygen atoms in total. The SMILES string of the molecule is Cc1nn(-c2ccc(F)cc2)c(C)c1CC(=O)N[C@H]1CC[C@@H](C(=O)O)C1. The van der Waals surface area contributed by atoms with Gasteiger partial charge in [-0.2, -0.15) is 5.10 Å². The molecule has 1 aliphatic rings. The summed E-state index contributed by atoms with van der Waals surface area (Å²) >= 11 is 0. The number of aryl methyl sites for hydroxylation is 1. The minimum absolute atomic E-state index is 0.0867. The van der Waals surface area contributed by atoms with Crippen molar-refractivity contribution >= 4 is 11.9 Å². The van der Waals surface area contributed by atoms with Gasteiger partial charge in [-0.05, 0) is 57.4 Å². The molecule has 0 aliphatic heterocycles. The third kappa shape index (κ3) is 3.76. The highest BCUT2D eigenvalue weighted by Crippen LogP contribution is 2.26. The van der Waals surface area contributed by atoms with E-state index < -0.39 is 5.97 Å². The number of hydrogen-bond acceptors (Lipinski definition) is 3. The highest BCUT2D eigenvalue weighted by molar-refractivity contribution is 5.79. The molecule has 1 amide bonds. The number of amides is 1. The van der Waals surface area contributed by atoms with Crippen molar-refractivity contribution in [3.63, 3.8) is 0 Å². The average molecular weight is 359 g/mol. The Bertz CT molecular complexity index is 829. The zero-order chi connectivity index (χ0) is 18.8. The topological polar surface area (TPSA) is 84.2 Å². The number of nitrogens with zero attached hydrogens (tertiary/aromatic N) is 2. The van der Waals surface area contributed by atoms with Crippen LogP contribution in [-0.2, 0) is 16.0 Å². The molecular formula is C19H22FN3O3. The standard InChI is InChI=1S/C19H22FN3O3/c1-11-17(10-18(24)21-15-6-3-13(9-15)19(25)26)12(2)23(22-11)16-7-4-14(20)5-8-16/h4-5,7-8,13,15H,3,6,9-10H2,1-2H3,(H,21,24)(H,25,26)/t13-,15+/m1/s1. The second-order valence-electron chi connectivity index (χ2n) is 6.83. The minimum Gasteiger partial charge on any atom is -0.481 e. The fraction of sp³-hybridized carbons (Fsp3) is 0.421. The number of halogens is 1. The Kier molecular flexibility index (Phi) is 5.06. The van der Waals surface area contributed by atoms with Crippen LogP contribution in [0.25, 0.3) is 5.69 Å². The number of aromatic nitrogens is 2. The quantitative estimate of drug-likeness (QED) is 0.859. The van der Waals surface area contributed by atoms with E-state index in [4.69, 9.17) is 5.11 Å². The molecule has 0 unspecified atom stereocenters. The molecule has 0 radical (unpaired) electrons. The first-order chi connectivity index (χ1) is 12.3. The van der Waals surface area contributed by atoms with Gasteiger partial charge in [0.15, 0.2) is 0 Å². The van der Waals surface area contributed by atoms with E-state index in [0.29, 0.717) is 19.3 Å². The molecule has 1 aromatic carbocycles. The molecule has 2 atom stereocenters. The maximum Gasteiger partial charge on any atom is 0.306 e. The van der Waals surface area contributed by atoms with Gasteiger partial charge < -0.3 is 10.4 Å². The van der Waals surface area contributed by atoms with Gasteiger partial charge in [-0.1, -0.05) is 0 Å². The number of carbonyl (C=O) groups is 2.